The third-order valence-corrected chi connectivity index (χ3v) is 5.02. The second-order valence-corrected chi connectivity index (χ2v) is 6.88. The summed E-state index contributed by atoms with van der Waals surface area (Å²) in [5, 5.41) is 9.16. The maximum Gasteiger partial charge on any atom is 0.242 e. The number of aliphatic hydroxyl groups is 1. The van der Waals surface area contributed by atoms with E-state index >= 15 is 0 Å². The number of nitrogens with two attached hydrogens (primary N) is 1. The van der Waals surface area contributed by atoms with Crippen LogP contribution in [0.25, 0.3) is 0 Å². The molecule has 0 bridgehead atoms. The summed E-state index contributed by atoms with van der Waals surface area (Å²) in [5.41, 5.74) is 6.04. The van der Waals surface area contributed by atoms with E-state index in [-0.39, 0.29) is 17.4 Å². The second kappa shape index (κ2) is 6.01. The summed E-state index contributed by atoms with van der Waals surface area (Å²) in [4.78, 5) is 0.107. The van der Waals surface area contributed by atoms with Gasteiger partial charge >= 0.3 is 0 Å². The Balaban J connectivity index is 3.06. The summed E-state index contributed by atoms with van der Waals surface area (Å²) in [7, 11) is -3.68. The van der Waals surface area contributed by atoms with Gasteiger partial charge in [0.15, 0.2) is 0 Å². The minimum atomic E-state index is -3.68. The van der Waals surface area contributed by atoms with Gasteiger partial charge in [0, 0.05) is 16.2 Å². The van der Waals surface area contributed by atoms with Crippen molar-refractivity contribution < 1.29 is 13.5 Å². The minimum absolute atomic E-state index is 0.00247. The van der Waals surface area contributed by atoms with Gasteiger partial charge in [0.2, 0.25) is 10.0 Å². The van der Waals surface area contributed by atoms with Gasteiger partial charge in [-0.2, -0.15) is 0 Å². The normalized spacial score (nSPS) is 13.8. The number of benzene rings is 1. The van der Waals surface area contributed by atoms with Gasteiger partial charge < -0.3 is 10.8 Å². The first kappa shape index (κ1) is 15.4. The number of halogens is 1. The molecule has 0 aliphatic carbocycles. The molecule has 0 amide bonds. The van der Waals surface area contributed by atoms with Gasteiger partial charge in [0.05, 0.1) is 11.5 Å². The average Bonchev–Trinajstić information content (AvgIpc) is 2.24. The van der Waals surface area contributed by atoms with Gasteiger partial charge in [-0.3, -0.25) is 0 Å². The highest BCUT2D eigenvalue weighted by Crippen LogP contribution is 2.24. The van der Waals surface area contributed by atoms with Crippen LogP contribution in [0.15, 0.2) is 27.6 Å². The topological polar surface area (TPSA) is 92.4 Å². The summed E-state index contributed by atoms with van der Waals surface area (Å²) in [6.07, 6.45) is 0. The van der Waals surface area contributed by atoms with Crippen molar-refractivity contribution in [2.45, 2.75) is 24.8 Å². The van der Waals surface area contributed by atoms with Crippen molar-refractivity contribution in [2.75, 3.05) is 12.3 Å². The van der Waals surface area contributed by atoms with Crippen LogP contribution in [0.4, 0.5) is 5.69 Å². The van der Waals surface area contributed by atoms with Crippen LogP contribution in [-0.4, -0.2) is 26.2 Å². The van der Waals surface area contributed by atoms with Crippen molar-refractivity contribution in [3.05, 3.63) is 22.7 Å². The van der Waals surface area contributed by atoms with E-state index in [0.29, 0.717) is 10.2 Å². The molecular weight excluding hydrogens is 320 g/mol. The zero-order chi connectivity index (χ0) is 13.9. The molecule has 0 aliphatic rings. The standard InChI is InChI=1S/C11H17BrN2O3S/c1-7(2)10(6-15)14-18(16,17)11-4-3-8(13)5-9(11)12/h3-5,7,10,14-15H,6,13H2,1-2H3/t10-/m1/s1. The SMILES string of the molecule is CC(C)[C@@H](CO)NS(=O)(=O)c1ccc(N)cc1Br. The summed E-state index contributed by atoms with van der Waals surface area (Å²) >= 11 is 3.17. The molecular formula is C11H17BrN2O3S. The van der Waals surface area contributed by atoms with E-state index in [2.05, 4.69) is 20.7 Å². The Bertz CT molecular complexity index is 517. The molecule has 18 heavy (non-hydrogen) atoms. The van der Waals surface area contributed by atoms with Crippen LogP contribution in [0.2, 0.25) is 0 Å². The maximum absolute atomic E-state index is 12.1. The molecule has 1 aromatic carbocycles. The molecule has 0 heterocycles. The van der Waals surface area contributed by atoms with Gasteiger partial charge in [-0.25, -0.2) is 13.1 Å². The first-order valence-electron chi connectivity index (χ1n) is 5.46. The summed E-state index contributed by atoms with van der Waals surface area (Å²) in [6, 6.07) is 3.95. The lowest BCUT2D eigenvalue weighted by molar-refractivity contribution is 0.227. The highest BCUT2D eigenvalue weighted by Gasteiger charge is 2.23. The molecule has 0 aliphatic heterocycles. The fraction of sp³-hybridized carbons (Fsp3) is 0.455. The number of nitrogens with one attached hydrogen (secondary N) is 1. The molecule has 5 nitrogen and oxygen atoms in total. The number of rotatable bonds is 5. The average molecular weight is 337 g/mol. The zero-order valence-corrected chi connectivity index (χ0v) is 12.6. The zero-order valence-electron chi connectivity index (χ0n) is 10.2. The molecule has 4 N–H and O–H groups in total. The lowest BCUT2D eigenvalue weighted by atomic mass is 10.1. The van der Waals surface area contributed by atoms with Crippen LogP contribution in [-0.2, 0) is 10.0 Å². The Kier molecular flexibility index (Phi) is 5.15. The summed E-state index contributed by atoms with van der Waals surface area (Å²) in [5.74, 6) is -0.00247. The molecule has 0 fully saturated rings. The number of hydrogen-bond donors (Lipinski definition) is 3. The minimum Gasteiger partial charge on any atom is -0.399 e. The molecule has 0 saturated heterocycles. The number of hydrogen-bond acceptors (Lipinski definition) is 4. The van der Waals surface area contributed by atoms with E-state index in [1.165, 1.54) is 18.2 Å². The molecule has 1 aromatic rings. The number of sulfonamides is 1. The van der Waals surface area contributed by atoms with E-state index in [9.17, 15) is 8.42 Å². The van der Waals surface area contributed by atoms with Crippen LogP contribution in [0.3, 0.4) is 0 Å². The predicted octanol–water partition coefficient (Wildman–Crippen LogP) is 1.33. The lowest BCUT2D eigenvalue weighted by Crippen LogP contribution is -2.41. The molecule has 0 radical (unpaired) electrons. The third-order valence-electron chi connectivity index (χ3n) is 2.55. The van der Waals surface area contributed by atoms with E-state index in [0.717, 1.165) is 0 Å². The fourth-order valence-electron chi connectivity index (χ4n) is 1.38. The molecule has 1 atom stereocenters. The molecule has 7 heteroatoms. The lowest BCUT2D eigenvalue weighted by Gasteiger charge is -2.20. The van der Waals surface area contributed by atoms with Crippen molar-refractivity contribution in [3.63, 3.8) is 0 Å². The van der Waals surface area contributed by atoms with Crippen molar-refractivity contribution >= 4 is 31.6 Å². The van der Waals surface area contributed by atoms with Crippen LogP contribution in [0.1, 0.15) is 13.8 Å². The molecule has 1 rings (SSSR count). The molecule has 0 aromatic heterocycles. The van der Waals surface area contributed by atoms with Crippen molar-refractivity contribution in [3.8, 4) is 0 Å². The van der Waals surface area contributed by atoms with Gasteiger partial charge in [0.25, 0.3) is 0 Å². The fourth-order valence-corrected chi connectivity index (χ4v) is 3.85. The van der Waals surface area contributed by atoms with Crippen molar-refractivity contribution in [2.24, 2.45) is 5.92 Å². The quantitative estimate of drug-likeness (QED) is 0.707. The maximum atomic E-state index is 12.1. The smallest absolute Gasteiger partial charge is 0.242 e. The highest BCUT2D eigenvalue weighted by molar-refractivity contribution is 9.10. The summed E-state index contributed by atoms with van der Waals surface area (Å²) < 4.78 is 27.2. The van der Waals surface area contributed by atoms with Gasteiger partial charge in [-0.15, -0.1) is 0 Å². The summed E-state index contributed by atoms with van der Waals surface area (Å²) in [6.45, 7) is 3.42. The Morgan fingerprint density at radius 1 is 1.44 bits per heavy atom. The van der Waals surface area contributed by atoms with Gasteiger partial charge in [-0.05, 0) is 40.0 Å². The van der Waals surface area contributed by atoms with Gasteiger partial charge in [-0.1, -0.05) is 13.8 Å². The van der Waals surface area contributed by atoms with Crippen molar-refractivity contribution in [1.82, 2.24) is 4.72 Å². The predicted molar refractivity (Wildman–Crippen MR) is 74.6 cm³/mol. The van der Waals surface area contributed by atoms with E-state index in [1.807, 2.05) is 13.8 Å². The molecule has 0 spiro atoms. The monoisotopic (exact) mass is 336 g/mol. The molecule has 102 valence electrons. The van der Waals surface area contributed by atoms with E-state index in [4.69, 9.17) is 10.8 Å². The Labute approximate surface area is 116 Å². The Morgan fingerprint density at radius 3 is 2.50 bits per heavy atom. The Hall–Kier alpha value is -0.630. The van der Waals surface area contributed by atoms with Crippen LogP contribution >= 0.6 is 15.9 Å². The van der Waals surface area contributed by atoms with E-state index < -0.39 is 16.1 Å². The number of aliphatic hydroxyl groups excluding tert-OH is 1. The molecule has 0 saturated carbocycles. The van der Waals surface area contributed by atoms with E-state index in [1.54, 1.807) is 0 Å². The first-order chi connectivity index (χ1) is 8.27. The molecule has 0 unspecified atom stereocenters. The Morgan fingerprint density at radius 2 is 2.06 bits per heavy atom. The third kappa shape index (κ3) is 3.68. The number of nitrogen functional groups attached to an aromatic ring is 1. The first-order valence-corrected chi connectivity index (χ1v) is 7.73. The van der Waals surface area contributed by atoms with Crippen LogP contribution in [0.5, 0.6) is 0 Å². The largest absolute Gasteiger partial charge is 0.399 e. The number of anilines is 1. The van der Waals surface area contributed by atoms with Crippen LogP contribution < -0.4 is 10.5 Å². The second-order valence-electron chi connectivity index (χ2n) is 4.34. The van der Waals surface area contributed by atoms with Crippen molar-refractivity contribution in [1.29, 1.82) is 0 Å². The van der Waals surface area contributed by atoms with Gasteiger partial charge in [0.1, 0.15) is 0 Å². The van der Waals surface area contributed by atoms with Crippen LogP contribution in [0, 0.1) is 5.92 Å². The highest BCUT2D eigenvalue weighted by atomic mass is 79.9.